The van der Waals surface area contributed by atoms with E-state index in [1.54, 1.807) is 19.4 Å². The Kier molecular flexibility index (Phi) is 7.65. The van der Waals surface area contributed by atoms with E-state index in [1.165, 1.54) is 0 Å². The van der Waals surface area contributed by atoms with Crippen LogP contribution in [0.4, 0.5) is 5.69 Å². The lowest BCUT2D eigenvalue weighted by Crippen LogP contribution is -2.52. The number of hydrogen-bond acceptors (Lipinski definition) is 6. The van der Waals surface area contributed by atoms with Crippen molar-refractivity contribution in [2.24, 2.45) is 0 Å². The number of anilines is 1. The minimum atomic E-state index is -1.08. The molecule has 1 saturated heterocycles. The summed E-state index contributed by atoms with van der Waals surface area (Å²) in [5, 5.41) is 22.0. The maximum atomic E-state index is 11.3. The molecule has 34 heavy (non-hydrogen) atoms. The molecular formula is C26H29Cl2N3O3. The van der Waals surface area contributed by atoms with Crippen LogP contribution in [0.2, 0.25) is 10.0 Å². The quantitative estimate of drug-likeness (QED) is 0.490. The van der Waals surface area contributed by atoms with Gasteiger partial charge in [0.05, 0.1) is 30.5 Å². The van der Waals surface area contributed by atoms with Gasteiger partial charge in [-0.3, -0.25) is 4.90 Å². The molecule has 0 saturated carbocycles. The van der Waals surface area contributed by atoms with Crippen LogP contribution in [0.5, 0.6) is 5.88 Å². The van der Waals surface area contributed by atoms with Crippen molar-refractivity contribution in [3.05, 3.63) is 87.5 Å². The first-order valence-electron chi connectivity index (χ1n) is 11.2. The second-order valence-electron chi connectivity index (χ2n) is 8.80. The first-order chi connectivity index (χ1) is 16.3. The highest BCUT2D eigenvalue weighted by Crippen LogP contribution is 2.37. The van der Waals surface area contributed by atoms with E-state index in [4.69, 9.17) is 27.9 Å². The summed E-state index contributed by atoms with van der Waals surface area (Å²) in [4.78, 5) is 8.79. The van der Waals surface area contributed by atoms with Crippen molar-refractivity contribution in [1.82, 2.24) is 9.88 Å². The van der Waals surface area contributed by atoms with Crippen molar-refractivity contribution in [3.8, 4) is 5.88 Å². The Balaban J connectivity index is 1.59. The highest BCUT2D eigenvalue weighted by Gasteiger charge is 2.34. The minimum Gasteiger partial charge on any atom is -0.481 e. The lowest BCUT2D eigenvalue weighted by molar-refractivity contribution is 0.00997. The number of hydrogen-bond donors (Lipinski definition) is 2. The molecule has 180 valence electrons. The van der Waals surface area contributed by atoms with Crippen LogP contribution >= 0.6 is 23.2 Å². The molecule has 2 N–H and O–H groups in total. The zero-order valence-electron chi connectivity index (χ0n) is 19.3. The molecule has 1 fully saturated rings. The maximum Gasteiger partial charge on any atom is 0.212 e. The average Bonchev–Trinajstić information content (AvgIpc) is 2.84. The van der Waals surface area contributed by atoms with Crippen LogP contribution in [-0.4, -0.2) is 53.4 Å². The Morgan fingerprint density at radius 1 is 1.09 bits per heavy atom. The normalized spacial score (nSPS) is 18.5. The number of aromatic nitrogens is 1. The highest BCUT2D eigenvalue weighted by atomic mass is 35.5. The van der Waals surface area contributed by atoms with Crippen LogP contribution in [0.15, 0.2) is 60.8 Å². The number of rotatable bonds is 7. The lowest BCUT2D eigenvalue weighted by atomic mass is 9.95. The molecule has 2 atom stereocenters. The van der Waals surface area contributed by atoms with Crippen molar-refractivity contribution in [2.45, 2.75) is 25.2 Å². The zero-order chi connectivity index (χ0) is 24.3. The summed E-state index contributed by atoms with van der Waals surface area (Å²) in [6.07, 6.45) is 1.66. The molecule has 6 nitrogen and oxygen atoms in total. The highest BCUT2D eigenvalue weighted by molar-refractivity contribution is 6.33. The lowest BCUT2D eigenvalue weighted by Gasteiger charge is -2.45. The summed E-state index contributed by atoms with van der Waals surface area (Å²) in [6, 6.07) is 17.1. The van der Waals surface area contributed by atoms with E-state index in [2.05, 4.69) is 14.8 Å². The largest absolute Gasteiger partial charge is 0.481 e. The summed E-state index contributed by atoms with van der Waals surface area (Å²) >= 11 is 12.8. The van der Waals surface area contributed by atoms with Crippen LogP contribution in [0.3, 0.4) is 0 Å². The summed E-state index contributed by atoms with van der Waals surface area (Å²) in [6.45, 7) is 4.38. The summed E-state index contributed by atoms with van der Waals surface area (Å²) < 4.78 is 5.14. The van der Waals surface area contributed by atoms with E-state index in [-0.39, 0.29) is 12.6 Å². The summed E-state index contributed by atoms with van der Waals surface area (Å²) in [5.74, 6) is 0.514. The summed E-state index contributed by atoms with van der Waals surface area (Å²) in [5.41, 5.74) is 2.47. The van der Waals surface area contributed by atoms with Gasteiger partial charge in [0.2, 0.25) is 5.88 Å². The van der Waals surface area contributed by atoms with Crippen LogP contribution in [0.25, 0.3) is 0 Å². The molecule has 1 aromatic heterocycles. The van der Waals surface area contributed by atoms with Gasteiger partial charge in [0.1, 0.15) is 5.60 Å². The van der Waals surface area contributed by atoms with E-state index in [1.807, 2.05) is 55.5 Å². The van der Waals surface area contributed by atoms with E-state index in [0.29, 0.717) is 29.0 Å². The topological polar surface area (TPSA) is 69.1 Å². The maximum absolute atomic E-state index is 11.3. The first-order valence-corrected chi connectivity index (χ1v) is 11.9. The van der Waals surface area contributed by atoms with E-state index >= 15 is 0 Å². The van der Waals surface area contributed by atoms with Gasteiger partial charge in [0.25, 0.3) is 0 Å². The second kappa shape index (κ2) is 10.5. The van der Waals surface area contributed by atoms with Gasteiger partial charge in [-0.25, -0.2) is 4.98 Å². The number of benzene rings is 2. The Morgan fingerprint density at radius 2 is 1.85 bits per heavy atom. The smallest absolute Gasteiger partial charge is 0.212 e. The number of aliphatic hydroxyl groups excluding tert-OH is 1. The molecule has 1 aliphatic heterocycles. The average molecular weight is 502 g/mol. The molecule has 8 heteroatoms. The van der Waals surface area contributed by atoms with Gasteiger partial charge in [0.15, 0.2) is 0 Å². The van der Waals surface area contributed by atoms with Crippen molar-refractivity contribution in [3.63, 3.8) is 0 Å². The number of pyridine rings is 1. The first kappa shape index (κ1) is 24.8. The number of nitrogens with zero attached hydrogens (tertiary/aromatic N) is 3. The molecule has 0 radical (unpaired) electrons. The van der Waals surface area contributed by atoms with Crippen LogP contribution in [0.1, 0.15) is 29.7 Å². The van der Waals surface area contributed by atoms with Gasteiger partial charge in [-0.05, 0) is 48.4 Å². The zero-order valence-corrected chi connectivity index (χ0v) is 20.8. The molecule has 0 unspecified atom stereocenters. The molecule has 1 aliphatic rings. The number of ether oxygens (including phenoxy) is 1. The van der Waals surface area contributed by atoms with Crippen LogP contribution in [-0.2, 0) is 12.2 Å². The SMILES string of the molecule is COc1ccc([C@](C)(O)CN2CCN(c3ccc(CO)cc3Cl)[C@H](c3ccc(Cl)cc3)C2)cn1. The van der Waals surface area contributed by atoms with Crippen molar-refractivity contribution < 1.29 is 14.9 Å². The molecule has 0 aliphatic carbocycles. The Bertz CT molecular complexity index is 1110. The van der Waals surface area contributed by atoms with Gasteiger partial charge in [-0.2, -0.15) is 0 Å². The standard InChI is InChI=1S/C26H29Cl2N3O3/c1-26(33,20-6-10-25(34-2)29-14-20)17-30-11-12-31(23-9-3-18(16-32)13-22(23)28)24(15-30)19-4-7-21(27)8-5-19/h3-10,13-14,24,32-33H,11-12,15-17H2,1-2H3/t24-,26+/m0/s1. The number of methoxy groups -OCH3 is 1. The summed E-state index contributed by atoms with van der Waals surface area (Å²) in [7, 11) is 1.57. The molecule has 2 heterocycles. The number of piperazine rings is 1. The fourth-order valence-electron chi connectivity index (χ4n) is 4.47. The van der Waals surface area contributed by atoms with Gasteiger partial charge >= 0.3 is 0 Å². The molecule has 0 amide bonds. The number of aliphatic hydroxyl groups is 2. The van der Waals surface area contributed by atoms with Crippen molar-refractivity contribution in [1.29, 1.82) is 0 Å². The molecule has 4 rings (SSSR count). The Hall–Kier alpha value is -2.35. The fourth-order valence-corrected chi connectivity index (χ4v) is 4.91. The van der Waals surface area contributed by atoms with Gasteiger partial charge < -0.3 is 19.8 Å². The molecule has 2 aromatic carbocycles. The van der Waals surface area contributed by atoms with E-state index in [0.717, 1.165) is 35.5 Å². The molecule has 0 bridgehead atoms. The third-order valence-corrected chi connectivity index (χ3v) is 6.88. The fraction of sp³-hybridized carbons (Fsp3) is 0.346. The molecule has 0 spiro atoms. The van der Waals surface area contributed by atoms with E-state index < -0.39 is 5.60 Å². The van der Waals surface area contributed by atoms with Gasteiger partial charge in [-0.15, -0.1) is 0 Å². The second-order valence-corrected chi connectivity index (χ2v) is 9.65. The van der Waals surface area contributed by atoms with Crippen LogP contribution < -0.4 is 9.64 Å². The minimum absolute atomic E-state index is 0.00767. The Morgan fingerprint density at radius 3 is 2.47 bits per heavy atom. The Labute approximate surface area is 210 Å². The molecule has 3 aromatic rings. The monoisotopic (exact) mass is 501 g/mol. The number of β-amino-alcohol motifs (C(OH)–C–C–N with tert-alkyl or cyclic N) is 1. The van der Waals surface area contributed by atoms with Gasteiger partial charge in [-0.1, -0.05) is 41.4 Å². The number of halogens is 2. The van der Waals surface area contributed by atoms with Crippen molar-refractivity contribution in [2.75, 3.05) is 38.2 Å². The molecular weight excluding hydrogens is 473 g/mol. The van der Waals surface area contributed by atoms with Gasteiger partial charge in [0, 0.05) is 49.0 Å². The van der Waals surface area contributed by atoms with E-state index in [9.17, 15) is 10.2 Å². The third kappa shape index (κ3) is 5.48. The third-order valence-electron chi connectivity index (χ3n) is 6.32. The predicted octanol–water partition coefficient (Wildman–Crippen LogP) is 4.66. The predicted molar refractivity (Wildman–Crippen MR) is 136 cm³/mol. The van der Waals surface area contributed by atoms with Crippen LogP contribution in [0, 0.1) is 0 Å². The van der Waals surface area contributed by atoms with Crippen molar-refractivity contribution >= 4 is 28.9 Å².